The topological polar surface area (TPSA) is 53.4 Å². The molecule has 0 bridgehead atoms. The molecule has 1 N–H and O–H groups in total. The lowest BCUT2D eigenvalue weighted by Crippen LogP contribution is -2.47. The number of carbonyl (C=O) groups is 1. The number of likely N-dealkylation sites (tertiary alicyclic amines) is 1. The molecule has 0 radical (unpaired) electrons. The van der Waals surface area contributed by atoms with Crippen molar-refractivity contribution in [3.63, 3.8) is 0 Å². The Morgan fingerprint density at radius 3 is 2.79 bits per heavy atom. The van der Waals surface area contributed by atoms with Crippen LogP contribution < -0.4 is 0 Å². The molecule has 0 amide bonds. The predicted octanol–water partition coefficient (Wildman–Crippen LogP) is 3.38. The molecule has 1 aromatic heterocycles. The predicted molar refractivity (Wildman–Crippen MR) is 82.5 cm³/mol. The number of hydrogen-bond acceptors (Lipinski definition) is 3. The molecular formula is C17H17F3N2O2. The first kappa shape index (κ1) is 16.7. The van der Waals surface area contributed by atoms with Gasteiger partial charge in [-0.25, -0.2) is 0 Å². The average Bonchev–Trinajstić information content (AvgIpc) is 2.92. The molecule has 7 heteroatoms. The second kappa shape index (κ2) is 5.73. The van der Waals surface area contributed by atoms with Crippen molar-refractivity contribution < 1.29 is 23.1 Å². The fourth-order valence-electron chi connectivity index (χ4n) is 3.35. The summed E-state index contributed by atoms with van der Waals surface area (Å²) in [6, 6.07) is 7.49. The van der Waals surface area contributed by atoms with Gasteiger partial charge in [0.2, 0.25) is 0 Å². The summed E-state index contributed by atoms with van der Waals surface area (Å²) in [6.07, 6.45) is -3.48. The molecule has 1 aliphatic rings. The van der Waals surface area contributed by atoms with E-state index in [-0.39, 0.29) is 13.1 Å². The molecule has 0 spiro atoms. The van der Waals surface area contributed by atoms with Crippen LogP contribution in [0.2, 0.25) is 0 Å². The molecule has 0 aliphatic carbocycles. The minimum absolute atomic E-state index is 0.107. The highest BCUT2D eigenvalue weighted by Gasteiger charge is 2.63. The normalized spacial score (nSPS) is 22.2. The molecule has 1 saturated heterocycles. The van der Waals surface area contributed by atoms with Gasteiger partial charge in [-0.15, -0.1) is 0 Å². The van der Waals surface area contributed by atoms with E-state index in [1.54, 1.807) is 17.2 Å². The fourth-order valence-corrected chi connectivity index (χ4v) is 3.35. The van der Waals surface area contributed by atoms with E-state index in [0.717, 1.165) is 22.0 Å². The van der Waals surface area contributed by atoms with Gasteiger partial charge in [0.1, 0.15) is 0 Å². The van der Waals surface area contributed by atoms with Crippen molar-refractivity contribution in [1.82, 2.24) is 9.88 Å². The van der Waals surface area contributed by atoms with Gasteiger partial charge in [0, 0.05) is 31.2 Å². The number of benzene rings is 1. The van der Waals surface area contributed by atoms with Crippen LogP contribution in [0.1, 0.15) is 17.5 Å². The number of pyridine rings is 1. The highest BCUT2D eigenvalue weighted by molar-refractivity contribution is 5.82. The molecule has 2 aromatic rings. The van der Waals surface area contributed by atoms with Gasteiger partial charge >= 0.3 is 12.1 Å². The number of fused-ring (bicyclic) bond motifs is 1. The van der Waals surface area contributed by atoms with E-state index >= 15 is 0 Å². The monoisotopic (exact) mass is 338 g/mol. The lowest BCUT2D eigenvalue weighted by molar-refractivity contribution is -0.227. The first-order valence-electron chi connectivity index (χ1n) is 7.60. The van der Waals surface area contributed by atoms with Crippen LogP contribution in [-0.4, -0.2) is 40.2 Å². The molecule has 1 fully saturated rings. The molecule has 2 heterocycles. The highest BCUT2D eigenvalue weighted by Crippen LogP contribution is 2.46. The van der Waals surface area contributed by atoms with Crippen LogP contribution in [0.3, 0.4) is 0 Å². The molecule has 3 rings (SSSR count). The van der Waals surface area contributed by atoms with E-state index < -0.39 is 30.5 Å². The minimum atomic E-state index is -4.75. The summed E-state index contributed by atoms with van der Waals surface area (Å²) >= 11 is 0. The number of aromatic nitrogens is 1. The third-order valence-corrected chi connectivity index (χ3v) is 4.66. The lowest BCUT2D eigenvalue weighted by atomic mass is 9.86. The maximum atomic E-state index is 13.2. The number of carboxylic acids is 1. The smallest absolute Gasteiger partial charge is 0.406 e. The van der Waals surface area contributed by atoms with Crippen molar-refractivity contribution in [2.75, 3.05) is 13.1 Å². The Bertz CT molecular complexity index is 791. The molecule has 1 unspecified atom stereocenters. The van der Waals surface area contributed by atoms with Crippen LogP contribution in [0.15, 0.2) is 30.5 Å². The Kier molecular flexibility index (Phi) is 3.99. The second-order valence-electron chi connectivity index (χ2n) is 6.33. The number of rotatable bonds is 3. The summed E-state index contributed by atoms with van der Waals surface area (Å²) in [5.41, 5.74) is -0.00249. The first-order chi connectivity index (χ1) is 11.2. The van der Waals surface area contributed by atoms with Crippen molar-refractivity contribution in [2.24, 2.45) is 5.41 Å². The summed E-state index contributed by atoms with van der Waals surface area (Å²) < 4.78 is 39.7. The summed E-state index contributed by atoms with van der Waals surface area (Å²) in [7, 11) is 0. The Morgan fingerprint density at radius 1 is 1.42 bits per heavy atom. The van der Waals surface area contributed by atoms with Gasteiger partial charge in [-0.2, -0.15) is 13.2 Å². The van der Waals surface area contributed by atoms with E-state index in [0.29, 0.717) is 0 Å². The number of hydrogen-bond donors (Lipinski definition) is 1. The summed E-state index contributed by atoms with van der Waals surface area (Å²) in [4.78, 5) is 17.1. The number of carboxylic acid groups (broad SMARTS) is 1. The maximum Gasteiger partial charge on any atom is 0.406 e. The molecule has 24 heavy (non-hydrogen) atoms. The summed E-state index contributed by atoms with van der Waals surface area (Å²) in [6.45, 7) is 1.78. The quantitative estimate of drug-likeness (QED) is 0.932. The first-order valence-corrected chi connectivity index (χ1v) is 7.60. The standard InChI is InChI=1S/C17H17F3N2O2/c1-11-7-12(8-13-3-2-5-21-14(11)13)9-22-6-4-16(10-22,15(23)24)17(18,19)20/h2-3,5,7-8H,4,6,9-10H2,1H3,(H,23,24). The zero-order chi connectivity index (χ0) is 17.5. The van der Waals surface area contributed by atoms with Gasteiger partial charge in [0.05, 0.1) is 5.52 Å². The van der Waals surface area contributed by atoms with Gasteiger partial charge < -0.3 is 5.11 Å². The summed E-state index contributed by atoms with van der Waals surface area (Å²) in [5.74, 6) is -1.80. The molecule has 128 valence electrons. The third-order valence-electron chi connectivity index (χ3n) is 4.66. The number of nitrogens with zero attached hydrogens (tertiary/aromatic N) is 2. The Hall–Kier alpha value is -2.15. The van der Waals surface area contributed by atoms with Crippen molar-refractivity contribution in [2.45, 2.75) is 26.1 Å². The van der Waals surface area contributed by atoms with E-state index in [2.05, 4.69) is 4.98 Å². The van der Waals surface area contributed by atoms with Gasteiger partial charge in [0.15, 0.2) is 5.41 Å². The van der Waals surface area contributed by atoms with E-state index in [1.165, 1.54) is 0 Å². The van der Waals surface area contributed by atoms with Crippen molar-refractivity contribution in [3.05, 3.63) is 41.6 Å². The average molecular weight is 338 g/mol. The van der Waals surface area contributed by atoms with E-state index in [1.807, 2.05) is 25.1 Å². The van der Waals surface area contributed by atoms with Crippen molar-refractivity contribution >= 4 is 16.9 Å². The largest absolute Gasteiger partial charge is 0.481 e. The Morgan fingerprint density at radius 2 is 2.17 bits per heavy atom. The lowest BCUT2D eigenvalue weighted by Gasteiger charge is -2.27. The fraction of sp³-hybridized carbons (Fsp3) is 0.412. The van der Waals surface area contributed by atoms with Gasteiger partial charge in [-0.3, -0.25) is 14.7 Å². The Balaban J connectivity index is 1.84. The van der Waals surface area contributed by atoms with E-state index in [4.69, 9.17) is 5.11 Å². The molecule has 1 atom stereocenters. The molecule has 4 nitrogen and oxygen atoms in total. The zero-order valence-electron chi connectivity index (χ0n) is 13.1. The van der Waals surface area contributed by atoms with Crippen LogP contribution in [0.5, 0.6) is 0 Å². The minimum Gasteiger partial charge on any atom is -0.481 e. The Labute approximate surface area is 136 Å². The van der Waals surface area contributed by atoms with E-state index in [9.17, 15) is 18.0 Å². The van der Waals surface area contributed by atoms with Crippen LogP contribution in [-0.2, 0) is 11.3 Å². The van der Waals surface area contributed by atoms with Crippen LogP contribution >= 0.6 is 0 Å². The van der Waals surface area contributed by atoms with Crippen LogP contribution in [0.25, 0.3) is 10.9 Å². The number of alkyl halides is 3. The molecular weight excluding hydrogens is 321 g/mol. The molecule has 1 aromatic carbocycles. The second-order valence-corrected chi connectivity index (χ2v) is 6.33. The van der Waals surface area contributed by atoms with Crippen LogP contribution in [0, 0.1) is 12.3 Å². The maximum absolute atomic E-state index is 13.2. The van der Waals surface area contributed by atoms with Crippen LogP contribution in [0.4, 0.5) is 13.2 Å². The van der Waals surface area contributed by atoms with Crippen molar-refractivity contribution in [1.29, 1.82) is 0 Å². The molecule has 0 saturated carbocycles. The van der Waals surface area contributed by atoms with Gasteiger partial charge in [0.25, 0.3) is 0 Å². The number of halogens is 3. The number of aryl methyl sites for hydroxylation is 1. The summed E-state index contributed by atoms with van der Waals surface area (Å²) in [5, 5.41) is 10.0. The zero-order valence-corrected chi connectivity index (χ0v) is 13.1. The third kappa shape index (κ3) is 2.73. The van der Waals surface area contributed by atoms with Crippen molar-refractivity contribution in [3.8, 4) is 0 Å². The number of aliphatic carboxylic acids is 1. The SMILES string of the molecule is Cc1cc(CN2CCC(C(=O)O)(C(F)(F)F)C2)cc2cccnc12. The van der Waals surface area contributed by atoms with Gasteiger partial charge in [-0.1, -0.05) is 12.1 Å². The van der Waals surface area contributed by atoms with Gasteiger partial charge in [-0.05, 0) is 36.6 Å². The highest BCUT2D eigenvalue weighted by atomic mass is 19.4. The molecule has 1 aliphatic heterocycles.